The van der Waals surface area contributed by atoms with E-state index < -0.39 is 5.97 Å². The van der Waals surface area contributed by atoms with Gasteiger partial charge in [-0.2, -0.15) is 0 Å². The summed E-state index contributed by atoms with van der Waals surface area (Å²) in [4.78, 5) is 16.8. The van der Waals surface area contributed by atoms with Crippen molar-refractivity contribution in [3.8, 4) is 12.3 Å². The van der Waals surface area contributed by atoms with Crippen LogP contribution in [0.2, 0.25) is 0 Å². The minimum Gasteiger partial charge on any atom is -0.484 e. The molecule has 1 aliphatic rings. The van der Waals surface area contributed by atoms with Gasteiger partial charge in [-0.3, -0.25) is 0 Å². The second kappa shape index (κ2) is 6.16. The fraction of sp³-hybridized carbons (Fsp3) is 0.250. The Balaban J connectivity index is 1.90. The molecule has 1 aromatic carbocycles. The van der Waals surface area contributed by atoms with Crippen molar-refractivity contribution in [3.05, 3.63) is 41.3 Å². The van der Waals surface area contributed by atoms with Crippen LogP contribution < -0.4 is 0 Å². The molecule has 6 heteroatoms. The van der Waals surface area contributed by atoms with Gasteiger partial charge in [0.25, 0.3) is 0 Å². The number of benzene rings is 1. The van der Waals surface area contributed by atoms with E-state index in [-0.39, 0.29) is 12.0 Å². The van der Waals surface area contributed by atoms with Crippen molar-refractivity contribution >= 4 is 28.8 Å². The number of ether oxygens (including phenoxy) is 2. The standard InChI is InChI=1S/C16H14N2O3S/c1-3-8-21-13-9-14(22-15(13)16(19)20-2)18-10-17-11-6-4-5-7-12(11)18/h1,4-7,10,14H,8-9H2,2H3. The Kier molecular flexibility index (Phi) is 4.07. The molecular formula is C16H14N2O3S. The SMILES string of the molecule is C#CCOC1=C(C(=O)OC)SC(n2cnc3ccccc32)C1. The Morgan fingerprint density at radius 1 is 1.55 bits per heavy atom. The molecule has 0 fully saturated rings. The van der Waals surface area contributed by atoms with Crippen molar-refractivity contribution in [2.24, 2.45) is 0 Å². The highest BCUT2D eigenvalue weighted by Crippen LogP contribution is 2.46. The molecule has 0 radical (unpaired) electrons. The molecule has 0 saturated heterocycles. The highest BCUT2D eigenvalue weighted by Gasteiger charge is 2.33. The molecule has 1 unspecified atom stereocenters. The van der Waals surface area contributed by atoms with E-state index in [9.17, 15) is 4.79 Å². The Morgan fingerprint density at radius 3 is 3.14 bits per heavy atom. The summed E-state index contributed by atoms with van der Waals surface area (Å²) >= 11 is 1.41. The summed E-state index contributed by atoms with van der Waals surface area (Å²) in [6.07, 6.45) is 7.57. The van der Waals surface area contributed by atoms with Gasteiger partial charge < -0.3 is 14.0 Å². The number of fused-ring (bicyclic) bond motifs is 1. The van der Waals surface area contributed by atoms with Gasteiger partial charge in [0.1, 0.15) is 17.3 Å². The first-order valence-electron chi connectivity index (χ1n) is 6.70. The fourth-order valence-electron chi connectivity index (χ4n) is 2.37. The van der Waals surface area contributed by atoms with E-state index in [4.69, 9.17) is 15.9 Å². The van der Waals surface area contributed by atoms with E-state index >= 15 is 0 Å². The van der Waals surface area contributed by atoms with Gasteiger partial charge in [0, 0.05) is 6.42 Å². The lowest BCUT2D eigenvalue weighted by Gasteiger charge is -2.12. The van der Waals surface area contributed by atoms with E-state index in [0.717, 1.165) is 11.0 Å². The molecule has 2 aromatic rings. The van der Waals surface area contributed by atoms with E-state index in [2.05, 4.69) is 10.9 Å². The third kappa shape index (κ3) is 2.55. The van der Waals surface area contributed by atoms with Crippen LogP contribution in [-0.4, -0.2) is 29.2 Å². The normalized spacial score (nSPS) is 17.5. The summed E-state index contributed by atoms with van der Waals surface area (Å²) in [7, 11) is 1.36. The number of esters is 1. The Morgan fingerprint density at radius 2 is 2.36 bits per heavy atom. The van der Waals surface area contributed by atoms with Crippen LogP contribution in [0, 0.1) is 12.3 Å². The summed E-state index contributed by atoms with van der Waals surface area (Å²) in [5, 5.41) is -0.00530. The van der Waals surface area contributed by atoms with Crippen LogP contribution in [0.3, 0.4) is 0 Å². The Labute approximate surface area is 132 Å². The number of methoxy groups -OCH3 is 1. The van der Waals surface area contributed by atoms with E-state index in [1.54, 1.807) is 6.33 Å². The van der Waals surface area contributed by atoms with Gasteiger partial charge in [0.05, 0.1) is 29.8 Å². The van der Waals surface area contributed by atoms with Gasteiger partial charge in [-0.1, -0.05) is 29.8 Å². The number of nitrogens with zero attached hydrogens (tertiary/aromatic N) is 2. The smallest absolute Gasteiger partial charge is 0.347 e. The molecule has 2 heterocycles. The minimum atomic E-state index is -0.399. The number of aromatic nitrogens is 2. The van der Waals surface area contributed by atoms with E-state index in [0.29, 0.717) is 17.1 Å². The number of para-hydroxylation sites is 2. The molecule has 1 aliphatic heterocycles. The van der Waals surface area contributed by atoms with Gasteiger partial charge in [-0.25, -0.2) is 9.78 Å². The topological polar surface area (TPSA) is 53.4 Å². The van der Waals surface area contributed by atoms with Crippen molar-refractivity contribution in [2.45, 2.75) is 11.8 Å². The van der Waals surface area contributed by atoms with Gasteiger partial charge in [0.15, 0.2) is 0 Å². The maximum atomic E-state index is 11.9. The van der Waals surface area contributed by atoms with Crippen LogP contribution in [0.25, 0.3) is 11.0 Å². The van der Waals surface area contributed by atoms with Crippen molar-refractivity contribution in [3.63, 3.8) is 0 Å². The molecule has 5 nitrogen and oxygen atoms in total. The summed E-state index contributed by atoms with van der Waals surface area (Å²) < 4.78 is 12.4. The first kappa shape index (κ1) is 14.5. The largest absolute Gasteiger partial charge is 0.484 e. The predicted molar refractivity (Wildman–Crippen MR) is 84.8 cm³/mol. The summed E-state index contributed by atoms with van der Waals surface area (Å²) in [5.74, 6) is 2.60. The van der Waals surface area contributed by atoms with Crippen LogP contribution in [0.1, 0.15) is 11.8 Å². The molecular weight excluding hydrogens is 300 g/mol. The van der Waals surface area contributed by atoms with Gasteiger partial charge in [-0.05, 0) is 12.1 Å². The molecule has 1 aromatic heterocycles. The van der Waals surface area contributed by atoms with Crippen LogP contribution in [0.4, 0.5) is 0 Å². The lowest BCUT2D eigenvalue weighted by Crippen LogP contribution is -2.04. The number of carbonyl (C=O) groups is 1. The van der Waals surface area contributed by atoms with E-state index in [1.165, 1.54) is 18.9 Å². The number of thioether (sulfide) groups is 1. The molecule has 0 bridgehead atoms. The highest BCUT2D eigenvalue weighted by molar-refractivity contribution is 8.04. The lowest BCUT2D eigenvalue weighted by molar-refractivity contribution is -0.135. The lowest BCUT2D eigenvalue weighted by atomic mass is 10.3. The number of rotatable bonds is 4. The summed E-state index contributed by atoms with van der Waals surface area (Å²) in [5.41, 5.74) is 1.93. The summed E-state index contributed by atoms with van der Waals surface area (Å²) in [6, 6.07) is 7.86. The molecule has 0 saturated carbocycles. The maximum Gasteiger partial charge on any atom is 0.347 e. The van der Waals surface area contributed by atoms with Gasteiger partial charge in [0.2, 0.25) is 0 Å². The number of terminal acetylenes is 1. The molecule has 1 atom stereocenters. The minimum absolute atomic E-state index is 0.00530. The average molecular weight is 314 g/mol. The monoisotopic (exact) mass is 314 g/mol. The first-order chi connectivity index (χ1) is 10.7. The molecule has 0 spiro atoms. The third-order valence-electron chi connectivity index (χ3n) is 3.36. The number of allylic oxidation sites excluding steroid dienone is 1. The van der Waals surface area contributed by atoms with Crippen LogP contribution >= 0.6 is 11.8 Å². The second-order valence-corrected chi connectivity index (χ2v) is 5.84. The summed E-state index contributed by atoms with van der Waals surface area (Å²) in [6.45, 7) is 0.133. The molecule has 3 rings (SSSR count). The zero-order chi connectivity index (χ0) is 15.5. The quantitative estimate of drug-likeness (QED) is 0.641. The van der Waals surface area contributed by atoms with Crippen LogP contribution in [0.5, 0.6) is 0 Å². The average Bonchev–Trinajstić information content (AvgIpc) is 3.15. The molecule has 22 heavy (non-hydrogen) atoms. The second-order valence-electron chi connectivity index (χ2n) is 4.65. The third-order valence-corrected chi connectivity index (χ3v) is 4.65. The number of carbonyl (C=O) groups excluding carboxylic acids is 1. The maximum absolute atomic E-state index is 11.9. The molecule has 112 valence electrons. The van der Waals surface area contributed by atoms with Crippen molar-refractivity contribution < 1.29 is 14.3 Å². The fourth-order valence-corrected chi connectivity index (χ4v) is 3.61. The number of hydrogen-bond acceptors (Lipinski definition) is 5. The molecule has 0 aliphatic carbocycles. The van der Waals surface area contributed by atoms with Crippen molar-refractivity contribution in [2.75, 3.05) is 13.7 Å². The van der Waals surface area contributed by atoms with Crippen LogP contribution in [0.15, 0.2) is 41.3 Å². The molecule has 0 N–H and O–H groups in total. The Bertz CT molecular complexity index is 788. The van der Waals surface area contributed by atoms with Crippen LogP contribution in [-0.2, 0) is 14.3 Å². The van der Waals surface area contributed by atoms with Gasteiger partial charge in [-0.15, -0.1) is 6.42 Å². The molecule has 0 amide bonds. The number of hydrogen-bond donors (Lipinski definition) is 0. The zero-order valence-corrected chi connectivity index (χ0v) is 12.8. The predicted octanol–water partition coefficient (Wildman–Crippen LogP) is 2.71. The first-order valence-corrected chi connectivity index (χ1v) is 7.58. The van der Waals surface area contributed by atoms with Gasteiger partial charge >= 0.3 is 5.97 Å². The zero-order valence-electron chi connectivity index (χ0n) is 12.0. The Hall–Kier alpha value is -2.39. The van der Waals surface area contributed by atoms with E-state index in [1.807, 2.05) is 28.8 Å². The van der Waals surface area contributed by atoms with Crippen molar-refractivity contribution in [1.82, 2.24) is 9.55 Å². The number of imidazole rings is 1. The highest BCUT2D eigenvalue weighted by atomic mass is 32.2. The van der Waals surface area contributed by atoms with Crippen molar-refractivity contribution in [1.29, 1.82) is 0 Å².